The highest BCUT2D eigenvalue weighted by Crippen LogP contribution is 2.03. The zero-order chi connectivity index (χ0) is 6.24. The van der Waals surface area contributed by atoms with Gasteiger partial charge >= 0.3 is 0 Å². The molecule has 0 aliphatic carbocycles. The zero-order valence-electron chi connectivity index (χ0n) is 7.24. The molecule has 0 saturated carbocycles. The fraction of sp³-hybridized carbons (Fsp3) is 1.00. The minimum Gasteiger partial charge on any atom is -0.412 e. The van der Waals surface area contributed by atoms with Gasteiger partial charge in [-0.3, -0.25) is 0 Å². The molecule has 0 aromatic carbocycles. The minimum absolute atomic E-state index is 0. The first-order valence-electron chi connectivity index (χ1n) is 3.91. The van der Waals surface area contributed by atoms with Gasteiger partial charge in [-0.15, -0.1) is 0 Å². The first-order chi connectivity index (χ1) is 3.91. The lowest BCUT2D eigenvalue weighted by atomic mass is 10.1. The quantitative estimate of drug-likeness (QED) is 0.536. The van der Waals surface area contributed by atoms with Crippen molar-refractivity contribution in [3.05, 3.63) is 0 Å². The summed E-state index contributed by atoms with van der Waals surface area (Å²) in [6.45, 7) is 4.51. The van der Waals surface area contributed by atoms with E-state index >= 15 is 0 Å². The van der Waals surface area contributed by atoms with Gasteiger partial charge in [0.25, 0.3) is 0 Å². The number of unbranched alkanes of at least 4 members (excludes halogenated alkanes) is 5. The van der Waals surface area contributed by atoms with Crippen molar-refractivity contribution < 1.29 is 11.0 Å². The van der Waals surface area contributed by atoms with Crippen molar-refractivity contribution in [2.45, 2.75) is 52.4 Å². The van der Waals surface area contributed by atoms with Crippen LogP contribution in [0.2, 0.25) is 0 Å². The number of hydrogen-bond donors (Lipinski definition) is 0. The van der Waals surface area contributed by atoms with Gasteiger partial charge in [-0.1, -0.05) is 52.4 Å². The third kappa shape index (κ3) is 15.7. The van der Waals surface area contributed by atoms with E-state index in [0.717, 1.165) is 0 Å². The number of hydrogen-bond acceptors (Lipinski definition) is 0. The first kappa shape index (κ1) is 16.5. The Morgan fingerprint density at radius 1 is 0.600 bits per heavy atom. The van der Waals surface area contributed by atoms with Crippen LogP contribution in [0.15, 0.2) is 0 Å². The lowest BCUT2D eigenvalue weighted by Crippen LogP contribution is -1.73. The van der Waals surface area contributed by atoms with Gasteiger partial charge < -0.3 is 11.0 Å². The fourth-order valence-electron chi connectivity index (χ4n) is 0.854. The maximum Gasteiger partial charge on any atom is -0.0533 e. The normalized spacial score (nSPS) is 7.80. The maximum absolute atomic E-state index is 2.26. The van der Waals surface area contributed by atoms with Crippen molar-refractivity contribution in [2.75, 3.05) is 0 Å². The summed E-state index contributed by atoms with van der Waals surface area (Å²) < 4.78 is 0. The second kappa shape index (κ2) is 16.0. The van der Waals surface area contributed by atoms with Crippen LogP contribution in [0.3, 0.4) is 0 Å². The summed E-state index contributed by atoms with van der Waals surface area (Å²) in [7, 11) is 0. The molecule has 0 radical (unpaired) electrons. The molecular weight excluding hydrogens is 128 g/mol. The SMILES string of the molecule is CCCCCCCC.O.O. The van der Waals surface area contributed by atoms with Crippen LogP contribution < -0.4 is 0 Å². The fourth-order valence-corrected chi connectivity index (χ4v) is 0.854. The van der Waals surface area contributed by atoms with Crippen molar-refractivity contribution >= 4 is 0 Å². The van der Waals surface area contributed by atoms with Crippen molar-refractivity contribution in [3.63, 3.8) is 0 Å². The Kier molecular flexibility index (Phi) is 26.3. The van der Waals surface area contributed by atoms with Crippen molar-refractivity contribution in [3.8, 4) is 0 Å². The first-order valence-corrected chi connectivity index (χ1v) is 3.91. The predicted octanol–water partition coefficient (Wildman–Crippen LogP) is 1.72. The molecular formula is C8H22O2. The topological polar surface area (TPSA) is 63.0 Å². The Bertz CT molecular complexity index is 32.2. The van der Waals surface area contributed by atoms with Crippen LogP contribution in [0.4, 0.5) is 0 Å². The van der Waals surface area contributed by atoms with Crippen LogP contribution >= 0.6 is 0 Å². The van der Waals surface area contributed by atoms with E-state index in [1.54, 1.807) is 0 Å². The molecule has 0 heterocycles. The molecule has 4 N–H and O–H groups in total. The van der Waals surface area contributed by atoms with E-state index in [0.29, 0.717) is 0 Å². The second-order valence-electron chi connectivity index (χ2n) is 2.41. The van der Waals surface area contributed by atoms with Gasteiger partial charge in [0.2, 0.25) is 0 Å². The standard InChI is InChI=1S/C8H18.2H2O/c1-3-5-7-8-6-4-2;;/h3-8H2,1-2H3;2*1H2. The summed E-state index contributed by atoms with van der Waals surface area (Å²) >= 11 is 0. The zero-order valence-corrected chi connectivity index (χ0v) is 7.24. The van der Waals surface area contributed by atoms with Crippen LogP contribution in [0.1, 0.15) is 52.4 Å². The van der Waals surface area contributed by atoms with E-state index in [1.165, 1.54) is 38.5 Å². The summed E-state index contributed by atoms with van der Waals surface area (Å²) in [5.74, 6) is 0. The van der Waals surface area contributed by atoms with E-state index in [2.05, 4.69) is 13.8 Å². The van der Waals surface area contributed by atoms with Gasteiger partial charge in [0.1, 0.15) is 0 Å². The average Bonchev–Trinajstić information content (AvgIpc) is 1.81. The van der Waals surface area contributed by atoms with Crippen molar-refractivity contribution in [2.24, 2.45) is 0 Å². The van der Waals surface area contributed by atoms with Crippen LogP contribution in [0, 0.1) is 0 Å². The predicted molar refractivity (Wildman–Crippen MR) is 46.3 cm³/mol. The highest BCUT2D eigenvalue weighted by molar-refractivity contribution is 4.39. The number of rotatable bonds is 5. The molecule has 0 amide bonds. The molecule has 0 spiro atoms. The molecule has 0 saturated heterocycles. The maximum atomic E-state index is 2.26. The monoisotopic (exact) mass is 150 g/mol. The van der Waals surface area contributed by atoms with Crippen molar-refractivity contribution in [1.82, 2.24) is 0 Å². The molecule has 0 bridgehead atoms. The Morgan fingerprint density at radius 3 is 1.10 bits per heavy atom. The Morgan fingerprint density at radius 2 is 0.900 bits per heavy atom. The highest BCUT2D eigenvalue weighted by atomic mass is 16.0. The van der Waals surface area contributed by atoms with Crippen LogP contribution in [0.25, 0.3) is 0 Å². The van der Waals surface area contributed by atoms with Crippen LogP contribution in [-0.4, -0.2) is 11.0 Å². The van der Waals surface area contributed by atoms with E-state index < -0.39 is 0 Å². The molecule has 0 fully saturated rings. The lowest BCUT2D eigenvalue weighted by Gasteiger charge is -1.93. The molecule has 0 aromatic heterocycles. The largest absolute Gasteiger partial charge is 0.412 e. The average molecular weight is 150 g/mol. The van der Waals surface area contributed by atoms with Crippen LogP contribution in [0.5, 0.6) is 0 Å². The molecule has 66 valence electrons. The van der Waals surface area contributed by atoms with Gasteiger partial charge in [-0.2, -0.15) is 0 Å². The third-order valence-corrected chi connectivity index (χ3v) is 1.46. The Hall–Kier alpha value is -0.0800. The summed E-state index contributed by atoms with van der Waals surface area (Å²) in [6, 6.07) is 0. The van der Waals surface area contributed by atoms with Crippen molar-refractivity contribution in [1.29, 1.82) is 0 Å². The molecule has 0 aliphatic heterocycles. The highest BCUT2D eigenvalue weighted by Gasteiger charge is 1.83. The molecule has 0 unspecified atom stereocenters. The molecule has 0 atom stereocenters. The summed E-state index contributed by atoms with van der Waals surface area (Å²) in [4.78, 5) is 0. The van der Waals surface area contributed by atoms with E-state index in [1.807, 2.05) is 0 Å². The van der Waals surface area contributed by atoms with Gasteiger partial charge in [0, 0.05) is 0 Å². The van der Waals surface area contributed by atoms with Gasteiger partial charge in [-0.25, -0.2) is 0 Å². The van der Waals surface area contributed by atoms with Gasteiger partial charge in [0.05, 0.1) is 0 Å². The Labute approximate surface area is 64.3 Å². The molecule has 2 nitrogen and oxygen atoms in total. The van der Waals surface area contributed by atoms with E-state index in [-0.39, 0.29) is 11.0 Å². The van der Waals surface area contributed by atoms with E-state index in [4.69, 9.17) is 0 Å². The Balaban J connectivity index is -0.000000245. The summed E-state index contributed by atoms with van der Waals surface area (Å²) in [6.07, 6.45) is 8.49. The smallest absolute Gasteiger partial charge is 0.0533 e. The second-order valence-corrected chi connectivity index (χ2v) is 2.41. The summed E-state index contributed by atoms with van der Waals surface area (Å²) in [5, 5.41) is 0. The third-order valence-electron chi connectivity index (χ3n) is 1.46. The lowest BCUT2D eigenvalue weighted by molar-refractivity contribution is 0.624. The van der Waals surface area contributed by atoms with Crippen LogP contribution in [-0.2, 0) is 0 Å². The molecule has 0 rings (SSSR count). The van der Waals surface area contributed by atoms with E-state index in [9.17, 15) is 0 Å². The minimum atomic E-state index is 0. The molecule has 2 heteroatoms. The van der Waals surface area contributed by atoms with Gasteiger partial charge in [0.15, 0.2) is 0 Å². The molecule has 0 aromatic rings. The summed E-state index contributed by atoms with van der Waals surface area (Å²) in [5.41, 5.74) is 0. The van der Waals surface area contributed by atoms with Gasteiger partial charge in [-0.05, 0) is 0 Å². The molecule has 10 heavy (non-hydrogen) atoms. The molecule has 0 aliphatic rings.